The normalized spacial score (nSPS) is 16.6. The van der Waals surface area contributed by atoms with Crippen molar-refractivity contribution in [3.05, 3.63) is 49.6 Å². The van der Waals surface area contributed by atoms with E-state index in [1.807, 2.05) is 11.4 Å². The molecule has 0 saturated carbocycles. The summed E-state index contributed by atoms with van der Waals surface area (Å²) in [5.74, 6) is -0.134. The Balaban J connectivity index is 1.68. The zero-order chi connectivity index (χ0) is 18.9. The monoisotopic (exact) mass is 452 g/mol. The molecule has 2 aromatic rings. The van der Waals surface area contributed by atoms with Crippen molar-refractivity contribution in [3.8, 4) is 0 Å². The largest absolute Gasteiger partial charge is 0.349 e. The Labute approximate surface area is 170 Å². The number of hydrogen-bond acceptors (Lipinski definition) is 4. The van der Waals surface area contributed by atoms with E-state index in [1.165, 1.54) is 27.8 Å². The van der Waals surface area contributed by atoms with Gasteiger partial charge in [-0.2, -0.15) is 4.31 Å². The van der Waals surface area contributed by atoms with Crippen molar-refractivity contribution in [2.75, 3.05) is 13.1 Å². The van der Waals surface area contributed by atoms with E-state index in [9.17, 15) is 13.2 Å². The average molecular weight is 454 g/mol. The molecule has 140 valence electrons. The smallest absolute Gasteiger partial charge is 0.261 e. The zero-order valence-corrected chi connectivity index (χ0v) is 17.3. The van der Waals surface area contributed by atoms with Gasteiger partial charge in [0.25, 0.3) is 5.91 Å². The van der Waals surface area contributed by atoms with Crippen molar-refractivity contribution in [1.82, 2.24) is 9.62 Å². The summed E-state index contributed by atoms with van der Waals surface area (Å²) in [7, 11) is -3.84. The fourth-order valence-corrected chi connectivity index (χ4v) is 6.40. The first-order valence-electron chi connectivity index (χ1n) is 7.78. The number of amides is 1. The Morgan fingerprint density at radius 3 is 2.31 bits per heavy atom. The Kier molecular flexibility index (Phi) is 6.16. The Morgan fingerprint density at radius 2 is 1.77 bits per heavy atom. The maximum Gasteiger partial charge on any atom is 0.261 e. The van der Waals surface area contributed by atoms with Crippen molar-refractivity contribution in [1.29, 1.82) is 0 Å². The molecule has 1 saturated heterocycles. The summed E-state index contributed by atoms with van der Waals surface area (Å²) in [6.45, 7) is 0.542. The quantitative estimate of drug-likeness (QED) is 0.751. The van der Waals surface area contributed by atoms with Crippen LogP contribution in [0, 0.1) is 0 Å². The highest BCUT2D eigenvalue weighted by Crippen LogP contribution is 2.35. The molecule has 3 rings (SSSR count). The van der Waals surface area contributed by atoms with Gasteiger partial charge in [0.2, 0.25) is 10.0 Å². The average Bonchev–Trinajstić information content (AvgIpc) is 3.08. The summed E-state index contributed by atoms with van der Waals surface area (Å²) in [6, 6.07) is 6.21. The number of carbonyl (C=O) groups is 1. The third kappa shape index (κ3) is 4.18. The number of benzene rings is 1. The van der Waals surface area contributed by atoms with Gasteiger partial charge >= 0.3 is 0 Å². The predicted octanol–water partition coefficient (Wildman–Crippen LogP) is 4.29. The molecule has 1 amide bonds. The molecule has 1 aliphatic rings. The molecule has 5 nitrogen and oxygen atoms in total. The van der Waals surface area contributed by atoms with E-state index in [1.54, 1.807) is 6.07 Å². The summed E-state index contributed by atoms with van der Waals surface area (Å²) >= 11 is 19.3. The van der Waals surface area contributed by atoms with Crippen LogP contribution in [0.5, 0.6) is 0 Å². The number of piperidine rings is 1. The third-order valence-electron chi connectivity index (χ3n) is 4.10. The fourth-order valence-electron chi connectivity index (χ4n) is 2.81. The van der Waals surface area contributed by atoms with E-state index in [-0.39, 0.29) is 45.0 Å². The molecule has 0 atom stereocenters. The van der Waals surface area contributed by atoms with Gasteiger partial charge in [-0.15, -0.1) is 11.3 Å². The first-order chi connectivity index (χ1) is 12.3. The molecule has 10 heteroatoms. The molecule has 1 N–H and O–H groups in total. The molecular formula is C16H15Cl3N2O3S2. The Hall–Kier alpha value is -0.830. The Bertz CT molecular complexity index is 886. The van der Waals surface area contributed by atoms with Crippen molar-refractivity contribution in [2.24, 2.45) is 0 Å². The van der Waals surface area contributed by atoms with Crippen LogP contribution in [0.4, 0.5) is 0 Å². The maximum atomic E-state index is 12.9. The van der Waals surface area contributed by atoms with Gasteiger partial charge in [-0.1, -0.05) is 40.9 Å². The second kappa shape index (κ2) is 8.04. The van der Waals surface area contributed by atoms with Gasteiger partial charge in [0.15, 0.2) is 0 Å². The van der Waals surface area contributed by atoms with Crippen LogP contribution in [0.2, 0.25) is 15.1 Å². The van der Waals surface area contributed by atoms with Crippen LogP contribution in [0.15, 0.2) is 34.5 Å². The number of nitrogens with zero attached hydrogens (tertiary/aromatic N) is 1. The first kappa shape index (κ1) is 19.9. The highest BCUT2D eigenvalue weighted by molar-refractivity contribution is 7.89. The number of rotatable bonds is 4. The minimum atomic E-state index is -3.84. The van der Waals surface area contributed by atoms with Crippen molar-refractivity contribution >= 4 is 62.1 Å². The molecule has 1 fully saturated rings. The number of nitrogens with one attached hydrogen (secondary N) is 1. The summed E-state index contributed by atoms with van der Waals surface area (Å²) in [5.41, 5.74) is 0. The van der Waals surface area contributed by atoms with Crippen molar-refractivity contribution in [2.45, 2.75) is 23.8 Å². The van der Waals surface area contributed by atoms with Crippen LogP contribution >= 0.6 is 46.1 Å². The van der Waals surface area contributed by atoms with Gasteiger partial charge in [0.1, 0.15) is 4.90 Å². The molecule has 0 aliphatic carbocycles. The highest BCUT2D eigenvalue weighted by Gasteiger charge is 2.33. The lowest BCUT2D eigenvalue weighted by molar-refractivity contribution is 0.0928. The van der Waals surface area contributed by atoms with Gasteiger partial charge < -0.3 is 5.32 Å². The molecule has 0 unspecified atom stereocenters. The molecule has 1 aromatic carbocycles. The summed E-state index contributed by atoms with van der Waals surface area (Å²) in [4.78, 5) is 12.6. The standard InChI is InChI=1S/C16H15Cl3N2O3S2/c17-10-8-12(18)15(13(19)9-10)26(23,24)21-5-3-11(4-6-21)20-16(22)14-2-1-7-25-14/h1-2,7-9,11H,3-6H2,(H,20,22). The van der Waals surface area contributed by atoms with E-state index in [4.69, 9.17) is 34.8 Å². The number of carbonyl (C=O) groups excluding carboxylic acids is 1. The van der Waals surface area contributed by atoms with Gasteiger partial charge in [-0.05, 0) is 36.4 Å². The highest BCUT2D eigenvalue weighted by atomic mass is 35.5. The van der Waals surface area contributed by atoms with Crippen LogP contribution in [0.1, 0.15) is 22.5 Å². The van der Waals surface area contributed by atoms with Gasteiger partial charge in [-0.3, -0.25) is 4.79 Å². The van der Waals surface area contributed by atoms with Gasteiger partial charge in [0, 0.05) is 24.2 Å². The van der Waals surface area contributed by atoms with Crippen molar-refractivity contribution < 1.29 is 13.2 Å². The van der Waals surface area contributed by atoms with Crippen LogP contribution in [-0.4, -0.2) is 37.8 Å². The van der Waals surface area contributed by atoms with Gasteiger partial charge in [0.05, 0.1) is 14.9 Å². The van der Waals surface area contributed by atoms with E-state index in [0.29, 0.717) is 17.7 Å². The second-order valence-electron chi connectivity index (χ2n) is 5.83. The lowest BCUT2D eigenvalue weighted by Gasteiger charge is -2.32. The fraction of sp³-hybridized carbons (Fsp3) is 0.312. The van der Waals surface area contributed by atoms with E-state index >= 15 is 0 Å². The predicted molar refractivity (Wildman–Crippen MR) is 105 cm³/mol. The molecule has 26 heavy (non-hydrogen) atoms. The third-order valence-corrected chi connectivity index (χ3v) is 8.00. The lowest BCUT2D eigenvalue weighted by atomic mass is 10.1. The zero-order valence-electron chi connectivity index (χ0n) is 13.4. The number of sulfonamides is 1. The van der Waals surface area contributed by atoms with E-state index < -0.39 is 10.0 Å². The molecule has 2 heterocycles. The van der Waals surface area contributed by atoms with Crippen LogP contribution in [0.3, 0.4) is 0 Å². The number of hydrogen-bond donors (Lipinski definition) is 1. The van der Waals surface area contributed by atoms with Crippen molar-refractivity contribution in [3.63, 3.8) is 0 Å². The lowest BCUT2D eigenvalue weighted by Crippen LogP contribution is -2.46. The summed E-state index contributed by atoms with van der Waals surface area (Å²) in [5, 5.41) is 5.04. The van der Waals surface area contributed by atoms with E-state index in [0.717, 1.165) is 0 Å². The van der Waals surface area contributed by atoms with Crippen LogP contribution < -0.4 is 5.32 Å². The minimum absolute atomic E-state index is 0.00405. The second-order valence-corrected chi connectivity index (χ2v) is 9.90. The number of thiophene rings is 1. The molecule has 0 spiro atoms. The molecule has 1 aliphatic heterocycles. The molecule has 0 radical (unpaired) electrons. The summed E-state index contributed by atoms with van der Waals surface area (Å²) in [6.07, 6.45) is 1.03. The first-order valence-corrected chi connectivity index (χ1v) is 11.2. The van der Waals surface area contributed by atoms with Crippen LogP contribution in [0.25, 0.3) is 0 Å². The Morgan fingerprint density at radius 1 is 1.15 bits per heavy atom. The molecule has 0 bridgehead atoms. The molecule has 1 aromatic heterocycles. The maximum absolute atomic E-state index is 12.9. The number of halogens is 3. The summed E-state index contributed by atoms with van der Waals surface area (Å²) < 4.78 is 27.1. The van der Waals surface area contributed by atoms with Gasteiger partial charge in [-0.25, -0.2) is 8.42 Å². The minimum Gasteiger partial charge on any atom is -0.349 e. The topological polar surface area (TPSA) is 66.5 Å². The van der Waals surface area contributed by atoms with Crippen LogP contribution in [-0.2, 0) is 10.0 Å². The van der Waals surface area contributed by atoms with E-state index in [2.05, 4.69) is 5.32 Å². The SMILES string of the molecule is O=C(NC1CCN(S(=O)(=O)c2c(Cl)cc(Cl)cc2Cl)CC1)c1cccs1. The molecular weight excluding hydrogens is 439 g/mol.